The van der Waals surface area contributed by atoms with Crippen LogP contribution in [-0.4, -0.2) is 41.4 Å². The number of benzene rings is 2. The van der Waals surface area contributed by atoms with Gasteiger partial charge in [-0.2, -0.15) is 0 Å². The Morgan fingerprint density at radius 2 is 1.94 bits per heavy atom. The van der Waals surface area contributed by atoms with Crippen LogP contribution >= 0.6 is 11.3 Å². The van der Waals surface area contributed by atoms with Crippen LogP contribution < -0.4 is 15.4 Å². The summed E-state index contributed by atoms with van der Waals surface area (Å²) in [5.41, 5.74) is 2.37. The van der Waals surface area contributed by atoms with Crippen molar-refractivity contribution in [3.8, 4) is 17.0 Å². The van der Waals surface area contributed by atoms with Gasteiger partial charge in [-0.25, -0.2) is 9.78 Å². The summed E-state index contributed by atoms with van der Waals surface area (Å²) in [5.74, 6) is -0.101. The van der Waals surface area contributed by atoms with Crippen LogP contribution in [0.2, 0.25) is 0 Å². The number of ether oxygens (including phenoxy) is 1. The number of methoxy groups -OCH3 is 1. The molecule has 2 aliphatic heterocycles. The number of imide groups is 1. The molecule has 2 N–H and O–H groups in total. The Labute approximate surface area is 188 Å². The molecule has 32 heavy (non-hydrogen) atoms. The lowest BCUT2D eigenvalue weighted by Gasteiger charge is -2.31. The number of hydrogen-bond donors (Lipinski definition) is 2. The molecule has 3 heterocycles. The number of thiazole rings is 1. The van der Waals surface area contributed by atoms with Gasteiger partial charge >= 0.3 is 6.03 Å². The largest absolute Gasteiger partial charge is 0.497 e. The van der Waals surface area contributed by atoms with Crippen molar-refractivity contribution in [3.05, 3.63) is 69.5 Å². The van der Waals surface area contributed by atoms with Crippen molar-refractivity contribution in [2.45, 2.75) is 19.0 Å². The maximum atomic E-state index is 13.1. The lowest BCUT2D eigenvalue weighted by atomic mass is 9.88. The van der Waals surface area contributed by atoms with Crippen LogP contribution in [0, 0.1) is 6.92 Å². The summed E-state index contributed by atoms with van der Waals surface area (Å²) < 4.78 is 5.23. The summed E-state index contributed by atoms with van der Waals surface area (Å²) in [4.78, 5) is 44.2. The third-order valence-electron chi connectivity index (χ3n) is 5.86. The first-order valence-corrected chi connectivity index (χ1v) is 10.9. The Morgan fingerprint density at radius 3 is 2.56 bits per heavy atom. The van der Waals surface area contributed by atoms with Crippen molar-refractivity contribution in [2.24, 2.45) is 0 Å². The van der Waals surface area contributed by atoms with E-state index in [2.05, 4.69) is 15.6 Å². The molecule has 2 aliphatic rings. The average molecular weight is 449 g/mol. The van der Waals surface area contributed by atoms with Gasteiger partial charge in [0, 0.05) is 23.1 Å². The Balaban J connectivity index is 1.48. The number of fused-ring (bicyclic) bond motifs is 1. The van der Waals surface area contributed by atoms with Crippen molar-refractivity contribution in [1.82, 2.24) is 20.5 Å². The monoisotopic (exact) mass is 448 g/mol. The fourth-order valence-electron chi connectivity index (χ4n) is 4.20. The zero-order chi connectivity index (χ0) is 22.5. The summed E-state index contributed by atoms with van der Waals surface area (Å²) in [5, 5.41) is 8.02. The number of rotatable bonds is 5. The number of nitrogens with zero attached hydrogens (tertiary/aromatic N) is 2. The molecule has 1 saturated heterocycles. The van der Waals surface area contributed by atoms with Gasteiger partial charge in [0.2, 0.25) is 0 Å². The first kappa shape index (κ1) is 20.2. The third kappa shape index (κ3) is 3.21. The van der Waals surface area contributed by atoms with Gasteiger partial charge in [0.1, 0.15) is 5.75 Å². The summed E-state index contributed by atoms with van der Waals surface area (Å²) in [6.07, 6.45) is 0. The predicted octanol–water partition coefficient (Wildman–Crippen LogP) is 2.82. The molecule has 1 aromatic heterocycles. The van der Waals surface area contributed by atoms with Crippen LogP contribution in [0.5, 0.6) is 5.75 Å². The van der Waals surface area contributed by atoms with Crippen LogP contribution in [0.4, 0.5) is 4.79 Å². The van der Waals surface area contributed by atoms with Gasteiger partial charge in [-0.3, -0.25) is 14.9 Å². The molecule has 2 aromatic carbocycles. The number of aromatic nitrogens is 1. The second kappa shape index (κ2) is 7.45. The summed E-state index contributed by atoms with van der Waals surface area (Å²) in [6, 6.07) is 12.1. The molecule has 0 bridgehead atoms. The highest BCUT2D eigenvalue weighted by molar-refractivity contribution is 7.09. The van der Waals surface area contributed by atoms with E-state index < -0.39 is 17.5 Å². The molecule has 1 unspecified atom stereocenters. The molecule has 1 atom stereocenters. The molecular weight excluding hydrogens is 428 g/mol. The van der Waals surface area contributed by atoms with Crippen molar-refractivity contribution in [2.75, 3.05) is 13.7 Å². The van der Waals surface area contributed by atoms with Crippen LogP contribution in [0.15, 0.2) is 47.8 Å². The highest BCUT2D eigenvalue weighted by Crippen LogP contribution is 2.33. The van der Waals surface area contributed by atoms with E-state index in [4.69, 9.17) is 4.74 Å². The van der Waals surface area contributed by atoms with E-state index in [1.54, 1.807) is 47.6 Å². The van der Waals surface area contributed by atoms with Gasteiger partial charge in [0.25, 0.3) is 11.8 Å². The van der Waals surface area contributed by atoms with Gasteiger partial charge in [0.15, 0.2) is 5.54 Å². The maximum absolute atomic E-state index is 13.1. The summed E-state index contributed by atoms with van der Waals surface area (Å²) in [6.45, 7) is 2.30. The smallest absolute Gasteiger partial charge is 0.322 e. The quantitative estimate of drug-likeness (QED) is 0.585. The zero-order valence-electron chi connectivity index (χ0n) is 17.5. The molecular formula is C23H20N4O4S. The van der Waals surface area contributed by atoms with E-state index in [0.717, 1.165) is 21.8 Å². The molecule has 9 heteroatoms. The van der Waals surface area contributed by atoms with Gasteiger partial charge in [-0.1, -0.05) is 30.3 Å². The number of urea groups is 1. The normalized spacial score (nSPS) is 19.7. The number of carbonyl (C=O) groups excluding carboxylic acids is 3. The number of amides is 4. The molecule has 0 radical (unpaired) electrons. The minimum Gasteiger partial charge on any atom is -0.497 e. The van der Waals surface area contributed by atoms with Gasteiger partial charge in [-0.15, -0.1) is 11.3 Å². The first-order valence-electron chi connectivity index (χ1n) is 10.0. The van der Waals surface area contributed by atoms with Crippen molar-refractivity contribution < 1.29 is 19.1 Å². The second-order valence-electron chi connectivity index (χ2n) is 7.83. The zero-order valence-corrected chi connectivity index (χ0v) is 18.3. The number of hydrogen-bond acceptors (Lipinski definition) is 6. The average Bonchev–Trinajstić information content (AvgIpc) is 3.44. The minimum atomic E-state index is -1.38. The molecule has 0 aliphatic carbocycles. The van der Waals surface area contributed by atoms with Crippen LogP contribution in [-0.2, 0) is 16.9 Å². The Morgan fingerprint density at radius 1 is 1.16 bits per heavy atom. The van der Waals surface area contributed by atoms with Crippen LogP contribution in [0.1, 0.15) is 26.5 Å². The first-order chi connectivity index (χ1) is 15.4. The van der Waals surface area contributed by atoms with Gasteiger partial charge in [0.05, 0.1) is 24.4 Å². The summed E-state index contributed by atoms with van der Waals surface area (Å²) in [7, 11) is 1.54. The van der Waals surface area contributed by atoms with E-state index >= 15 is 0 Å². The van der Waals surface area contributed by atoms with Crippen molar-refractivity contribution in [1.29, 1.82) is 0 Å². The Hall–Kier alpha value is -3.72. The molecule has 0 spiro atoms. The van der Waals surface area contributed by atoms with Crippen LogP contribution in [0.3, 0.4) is 0 Å². The van der Waals surface area contributed by atoms with E-state index in [-0.39, 0.29) is 12.5 Å². The maximum Gasteiger partial charge on any atom is 0.322 e. The molecule has 8 nitrogen and oxygen atoms in total. The number of carbonyl (C=O) groups is 3. The Bertz CT molecular complexity index is 1250. The highest BCUT2D eigenvalue weighted by atomic mass is 32.1. The topological polar surface area (TPSA) is 101 Å². The van der Waals surface area contributed by atoms with Crippen molar-refractivity contribution >= 4 is 29.2 Å². The molecule has 4 amide bonds. The predicted molar refractivity (Wildman–Crippen MR) is 118 cm³/mol. The molecule has 1 fully saturated rings. The third-order valence-corrected chi connectivity index (χ3v) is 6.63. The second-order valence-corrected chi connectivity index (χ2v) is 8.89. The fourth-order valence-corrected chi connectivity index (χ4v) is 4.82. The summed E-state index contributed by atoms with van der Waals surface area (Å²) >= 11 is 1.56. The standard InChI is InChI=1S/C23H20N4O4S/c1-13-24-19(11-32-13)14-3-6-16(7-4-14)23(21(29)25-22(30)26-23)12-27-10-15-5-8-17(31-2)9-18(15)20(27)28/h3-9,11H,10,12H2,1-2H3,(H2,25,26,29,30). The van der Waals surface area contributed by atoms with E-state index in [1.807, 2.05) is 30.5 Å². The minimum absolute atomic E-state index is 0.00948. The van der Waals surface area contributed by atoms with E-state index in [1.165, 1.54) is 0 Å². The van der Waals surface area contributed by atoms with E-state index in [9.17, 15) is 14.4 Å². The molecule has 3 aromatic rings. The van der Waals surface area contributed by atoms with Crippen LogP contribution in [0.25, 0.3) is 11.3 Å². The Kier molecular flexibility index (Phi) is 4.70. The lowest BCUT2D eigenvalue weighted by Crippen LogP contribution is -2.52. The number of aryl methyl sites for hydroxylation is 1. The molecule has 0 saturated carbocycles. The molecule has 5 rings (SSSR count). The van der Waals surface area contributed by atoms with Gasteiger partial charge in [-0.05, 0) is 30.2 Å². The van der Waals surface area contributed by atoms with Crippen molar-refractivity contribution in [3.63, 3.8) is 0 Å². The molecule has 162 valence electrons. The van der Waals surface area contributed by atoms with Gasteiger partial charge < -0.3 is 15.0 Å². The van der Waals surface area contributed by atoms with E-state index in [0.29, 0.717) is 23.4 Å². The highest BCUT2D eigenvalue weighted by Gasteiger charge is 2.50. The SMILES string of the molecule is COc1ccc2c(c1)C(=O)N(CC1(c3ccc(-c4csc(C)n4)cc3)NC(=O)NC1=O)C2. The number of nitrogens with one attached hydrogen (secondary N) is 2. The lowest BCUT2D eigenvalue weighted by molar-refractivity contribution is -0.124. The fraction of sp³-hybridized carbons (Fsp3) is 0.217.